The summed E-state index contributed by atoms with van der Waals surface area (Å²) in [4.78, 5) is 17.2. The van der Waals surface area contributed by atoms with Gasteiger partial charge in [0.2, 0.25) is 0 Å². The molecule has 4 rings (SSSR count). The first-order valence-electron chi connectivity index (χ1n) is 6.73. The molecule has 5 nitrogen and oxygen atoms in total. The third kappa shape index (κ3) is 2.30. The van der Waals surface area contributed by atoms with Crippen molar-refractivity contribution in [2.45, 2.75) is 19.4 Å². The Morgan fingerprint density at radius 1 is 1.37 bits per heavy atom. The lowest BCUT2D eigenvalue weighted by atomic mass is 10.0. The number of hydrogen-bond donors (Lipinski definition) is 0. The van der Waals surface area contributed by atoms with Crippen LogP contribution in [0.3, 0.4) is 0 Å². The summed E-state index contributed by atoms with van der Waals surface area (Å²) in [5, 5.41) is 4.90. The highest BCUT2D eigenvalue weighted by molar-refractivity contribution is 6.32. The number of fused-ring (bicyclic) bond motifs is 3. The number of rotatable bonds is 3. The Morgan fingerprint density at radius 2 is 2.05 bits per heavy atom. The van der Waals surface area contributed by atoms with Gasteiger partial charge in [-0.2, -0.15) is 5.10 Å². The van der Waals surface area contributed by atoms with Gasteiger partial charge in [0.15, 0.2) is 5.78 Å². The lowest BCUT2D eigenvalue weighted by molar-refractivity contribution is -0.128. The van der Waals surface area contributed by atoms with Crippen molar-refractivity contribution in [3.8, 4) is 0 Å². The van der Waals surface area contributed by atoms with E-state index in [1.807, 2.05) is 14.0 Å². The zero-order valence-electron chi connectivity index (χ0n) is 11.4. The fourth-order valence-corrected chi connectivity index (χ4v) is 3.30. The third-order valence-electron chi connectivity index (χ3n) is 4.25. The minimum absolute atomic E-state index is 0.0359. The summed E-state index contributed by atoms with van der Waals surface area (Å²) in [6, 6.07) is 0.0359. The van der Waals surface area contributed by atoms with Gasteiger partial charge in [0, 0.05) is 39.8 Å². The number of aryl methyl sites for hydroxylation is 2. The second-order valence-corrected chi connectivity index (χ2v) is 5.84. The highest BCUT2D eigenvalue weighted by Crippen LogP contribution is 2.23. The number of piperazine rings is 3. The molecule has 19 heavy (non-hydrogen) atoms. The van der Waals surface area contributed by atoms with Gasteiger partial charge in [-0.15, -0.1) is 0 Å². The van der Waals surface area contributed by atoms with Crippen molar-refractivity contribution in [3.63, 3.8) is 0 Å². The van der Waals surface area contributed by atoms with Crippen LogP contribution in [-0.4, -0.2) is 64.1 Å². The van der Waals surface area contributed by atoms with Crippen molar-refractivity contribution in [1.82, 2.24) is 19.6 Å². The molecule has 3 aliphatic rings. The van der Waals surface area contributed by atoms with E-state index in [1.54, 1.807) is 4.68 Å². The molecular weight excluding hydrogens is 264 g/mol. The Labute approximate surface area is 118 Å². The summed E-state index contributed by atoms with van der Waals surface area (Å²) >= 11 is 6.22. The van der Waals surface area contributed by atoms with E-state index >= 15 is 0 Å². The van der Waals surface area contributed by atoms with Crippen molar-refractivity contribution in [3.05, 3.63) is 16.4 Å². The Kier molecular flexibility index (Phi) is 3.37. The molecule has 1 unspecified atom stereocenters. The van der Waals surface area contributed by atoms with Crippen LogP contribution in [0.1, 0.15) is 11.4 Å². The third-order valence-corrected chi connectivity index (χ3v) is 4.75. The summed E-state index contributed by atoms with van der Waals surface area (Å²) < 4.78 is 1.73. The van der Waals surface area contributed by atoms with Gasteiger partial charge >= 0.3 is 0 Å². The molecule has 2 bridgehead atoms. The molecule has 3 fully saturated rings. The van der Waals surface area contributed by atoms with Gasteiger partial charge in [0.25, 0.3) is 0 Å². The molecule has 0 aromatic carbocycles. The average molecular weight is 283 g/mol. The Balaban J connectivity index is 1.75. The van der Waals surface area contributed by atoms with Crippen molar-refractivity contribution < 1.29 is 4.79 Å². The first kappa shape index (κ1) is 13.1. The first-order chi connectivity index (χ1) is 9.06. The largest absolute Gasteiger partial charge is 0.299 e. The predicted molar refractivity (Wildman–Crippen MR) is 73.5 cm³/mol. The number of Topliss-reactive ketones (excluding diaryl/α,β-unsaturated/α-hetero) is 1. The maximum atomic E-state index is 12.5. The number of hydrogen-bond acceptors (Lipinski definition) is 4. The highest BCUT2D eigenvalue weighted by atomic mass is 35.5. The number of aromatic nitrogens is 2. The summed E-state index contributed by atoms with van der Waals surface area (Å²) in [5.74, 6) is 0.259. The van der Waals surface area contributed by atoms with Gasteiger partial charge < -0.3 is 0 Å². The van der Waals surface area contributed by atoms with E-state index < -0.39 is 0 Å². The van der Waals surface area contributed by atoms with Crippen LogP contribution in [0.5, 0.6) is 0 Å². The molecule has 1 aromatic rings. The summed E-state index contributed by atoms with van der Waals surface area (Å²) in [6.45, 7) is 6.94. The van der Waals surface area contributed by atoms with Crippen molar-refractivity contribution in [2.24, 2.45) is 7.05 Å². The fourth-order valence-electron chi connectivity index (χ4n) is 3.08. The number of nitrogens with zero attached hydrogens (tertiary/aromatic N) is 4. The van der Waals surface area contributed by atoms with E-state index in [4.69, 9.17) is 11.6 Å². The smallest absolute Gasteiger partial charge is 0.157 e. The summed E-state index contributed by atoms with van der Waals surface area (Å²) in [7, 11) is 1.85. The second-order valence-electron chi connectivity index (χ2n) is 5.47. The maximum Gasteiger partial charge on any atom is 0.157 e. The molecule has 3 aliphatic heterocycles. The van der Waals surface area contributed by atoms with Crippen LogP contribution in [-0.2, 0) is 18.3 Å². The van der Waals surface area contributed by atoms with Crippen LogP contribution in [0, 0.1) is 6.92 Å². The quantitative estimate of drug-likeness (QED) is 0.809. The first-order valence-corrected chi connectivity index (χ1v) is 7.11. The van der Waals surface area contributed by atoms with Gasteiger partial charge in [-0.3, -0.25) is 19.3 Å². The van der Waals surface area contributed by atoms with E-state index in [0.717, 1.165) is 44.1 Å². The van der Waals surface area contributed by atoms with Gasteiger partial charge in [-0.05, 0) is 6.92 Å². The average Bonchev–Trinajstić information content (AvgIpc) is 2.66. The number of ketones is 1. The molecule has 3 saturated heterocycles. The summed E-state index contributed by atoms with van der Waals surface area (Å²) in [5.41, 5.74) is 1.63. The standard InChI is InChI=1S/C13H19ClN4O/c1-9-13(14)10(16(2)15-9)7-12(19)11-8-17-3-5-18(11)6-4-17/h11H,3-8H2,1-2H3. The molecule has 0 N–H and O–H groups in total. The normalized spacial score (nSPS) is 29.7. The zero-order valence-corrected chi connectivity index (χ0v) is 12.2. The highest BCUT2D eigenvalue weighted by Gasteiger charge is 2.36. The van der Waals surface area contributed by atoms with E-state index in [0.29, 0.717) is 11.4 Å². The maximum absolute atomic E-state index is 12.5. The Morgan fingerprint density at radius 3 is 2.53 bits per heavy atom. The van der Waals surface area contributed by atoms with Crippen molar-refractivity contribution in [1.29, 1.82) is 0 Å². The SMILES string of the molecule is Cc1nn(C)c(CC(=O)C2CN3CCN2CC3)c1Cl. The number of carbonyl (C=O) groups is 1. The van der Waals surface area contributed by atoms with Crippen LogP contribution in [0.15, 0.2) is 0 Å². The molecule has 0 radical (unpaired) electrons. The minimum atomic E-state index is 0.0359. The second kappa shape index (κ2) is 4.89. The van der Waals surface area contributed by atoms with Crippen LogP contribution < -0.4 is 0 Å². The van der Waals surface area contributed by atoms with E-state index in [-0.39, 0.29) is 11.8 Å². The molecule has 0 amide bonds. The minimum Gasteiger partial charge on any atom is -0.299 e. The molecule has 6 heteroatoms. The number of carbonyl (C=O) groups excluding carboxylic acids is 1. The van der Waals surface area contributed by atoms with E-state index in [2.05, 4.69) is 14.9 Å². The van der Waals surface area contributed by atoms with Gasteiger partial charge in [0.1, 0.15) is 0 Å². The monoisotopic (exact) mass is 282 g/mol. The van der Waals surface area contributed by atoms with Crippen LogP contribution in [0.2, 0.25) is 5.02 Å². The molecule has 1 aromatic heterocycles. The van der Waals surface area contributed by atoms with Gasteiger partial charge in [-0.1, -0.05) is 11.6 Å². The molecule has 0 saturated carbocycles. The zero-order chi connectivity index (χ0) is 13.6. The van der Waals surface area contributed by atoms with Crippen molar-refractivity contribution in [2.75, 3.05) is 32.7 Å². The molecule has 1 atom stereocenters. The van der Waals surface area contributed by atoms with Crippen LogP contribution in [0.25, 0.3) is 0 Å². The Bertz CT molecular complexity index is 505. The fraction of sp³-hybridized carbons (Fsp3) is 0.692. The van der Waals surface area contributed by atoms with Gasteiger partial charge in [-0.25, -0.2) is 0 Å². The van der Waals surface area contributed by atoms with Gasteiger partial charge in [0.05, 0.1) is 28.9 Å². The van der Waals surface area contributed by atoms with Crippen LogP contribution in [0.4, 0.5) is 0 Å². The molecule has 0 aliphatic carbocycles. The van der Waals surface area contributed by atoms with Crippen LogP contribution >= 0.6 is 11.6 Å². The predicted octanol–water partition coefficient (Wildman–Crippen LogP) is 0.493. The molecule has 104 valence electrons. The topological polar surface area (TPSA) is 41.4 Å². The molecule has 0 spiro atoms. The van der Waals surface area contributed by atoms with Crippen molar-refractivity contribution >= 4 is 17.4 Å². The van der Waals surface area contributed by atoms with E-state index in [9.17, 15) is 4.79 Å². The molecule has 4 heterocycles. The lowest BCUT2D eigenvalue weighted by Gasteiger charge is -2.46. The number of halogens is 1. The summed E-state index contributed by atoms with van der Waals surface area (Å²) in [6.07, 6.45) is 0.380. The van der Waals surface area contributed by atoms with E-state index in [1.165, 1.54) is 0 Å². The molecular formula is C13H19ClN4O. The lowest BCUT2D eigenvalue weighted by Crippen LogP contribution is -2.63. The Hall–Kier alpha value is -0.910.